The number of fused-ring (bicyclic) bond motifs is 1. The standard InChI is InChI=1S/C19H22N4O4/c24-18(21-14-3-1-2-4-14)12-23-11-15(10-20-23)22-19(25)13-5-6-16-17(9-13)27-8-7-26-16/h5-6,9-11,14H,1-4,7-8,12H2,(H,21,24)(H,22,25). The third-order valence-electron chi connectivity index (χ3n) is 4.72. The number of hydrogen-bond acceptors (Lipinski definition) is 5. The van der Waals surface area contributed by atoms with E-state index in [2.05, 4.69) is 15.7 Å². The largest absolute Gasteiger partial charge is 0.486 e. The van der Waals surface area contributed by atoms with E-state index in [-0.39, 0.29) is 24.4 Å². The number of rotatable bonds is 5. The molecular weight excluding hydrogens is 348 g/mol. The van der Waals surface area contributed by atoms with Gasteiger partial charge in [-0.3, -0.25) is 14.3 Å². The molecule has 0 spiro atoms. The zero-order chi connectivity index (χ0) is 18.6. The quantitative estimate of drug-likeness (QED) is 0.839. The first-order valence-electron chi connectivity index (χ1n) is 9.20. The molecule has 0 unspecified atom stereocenters. The summed E-state index contributed by atoms with van der Waals surface area (Å²) in [5.41, 5.74) is 0.995. The fraction of sp³-hybridized carbons (Fsp3) is 0.421. The molecule has 2 aromatic rings. The minimum atomic E-state index is -0.276. The Morgan fingerprint density at radius 3 is 2.74 bits per heavy atom. The second kappa shape index (κ2) is 7.69. The number of benzene rings is 1. The number of carbonyl (C=O) groups is 2. The minimum Gasteiger partial charge on any atom is -0.486 e. The fourth-order valence-corrected chi connectivity index (χ4v) is 3.39. The Labute approximate surface area is 156 Å². The molecule has 0 radical (unpaired) electrons. The zero-order valence-electron chi connectivity index (χ0n) is 14.9. The first kappa shape index (κ1) is 17.4. The molecule has 2 aliphatic rings. The van der Waals surface area contributed by atoms with E-state index in [0.29, 0.717) is 36.0 Å². The van der Waals surface area contributed by atoms with E-state index >= 15 is 0 Å². The van der Waals surface area contributed by atoms with E-state index in [1.807, 2.05) is 0 Å². The van der Waals surface area contributed by atoms with Crippen molar-refractivity contribution in [1.82, 2.24) is 15.1 Å². The lowest BCUT2D eigenvalue weighted by Gasteiger charge is -2.18. The number of nitrogens with one attached hydrogen (secondary N) is 2. The molecule has 2 heterocycles. The Hall–Kier alpha value is -3.03. The highest BCUT2D eigenvalue weighted by atomic mass is 16.6. The molecule has 1 aliphatic carbocycles. The number of amides is 2. The van der Waals surface area contributed by atoms with E-state index < -0.39 is 0 Å². The molecule has 27 heavy (non-hydrogen) atoms. The lowest BCUT2D eigenvalue weighted by Crippen LogP contribution is -2.35. The topological polar surface area (TPSA) is 94.5 Å². The van der Waals surface area contributed by atoms with Crippen LogP contribution in [0.3, 0.4) is 0 Å². The lowest BCUT2D eigenvalue weighted by molar-refractivity contribution is -0.122. The van der Waals surface area contributed by atoms with Gasteiger partial charge in [0.05, 0.1) is 11.9 Å². The molecule has 1 fully saturated rings. The van der Waals surface area contributed by atoms with Gasteiger partial charge in [-0.2, -0.15) is 5.10 Å². The Morgan fingerprint density at radius 2 is 1.93 bits per heavy atom. The first-order valence-corrected chi connectivity index (χ1v) is 9.20. The summed E-state index contributed by atoms with van der Waals surface area (Å²) in [6, 6.07) is 5.34. The summed E-state index contributed by atoms with van der Waals surface area (Å²) in [6.45, 7) is 1.11. The van der Waals surface area contributed by atoms with Crippen molar-refractivity contribution in [2.45, 2.75) is 38.3 Å². The van der Waals surface area contributed by atoms with Gasteiger partial charge in [0.25, 0.3) is 5.91 Å². The van der Waals surface area contributed by atoms with Crippen LogP contribution >= 0.6 is 0 Å². The van der Waals surface area contributed by atoms with Gasteiger partial charge >= 0.3 is 0 Å². The van der Waals surface area contributed by atoms with Crippen LogP contribution in [0.5, 0.6) is 11.5 Å². The van der Waals surface area contributed by atoms with E-state index in [4.69, 9.17) is 9.47 Å². The normalized spacial score (nSPS) is 16.1. The van der Waals surface area contributed by atoms with Gasteiger partial charge in [0, 0.05) is 17.8 Å². The summed E-state index contributed by atoms with van der Waals surface area (Å²) in [5.74, 6) is 0.865. The van der Waals surface area contributed by atoms with Gasteiger partial charge in [-0.1, -0.05) is 12.8 Å². The highest BCUT2D eigenvalue weighted by Gasteiger charge is 2.18. The molecule has 1 saturated carbocycles. The summed E-state index contributed by atoms with van der Waals surface area (Å²) < 4.78 is 12.5. The third-order valence-corrected chi connectivity index (χ3v) is 4.72. The summed E-state index contributed by atoms with van der Waals surface area (Å²) >= 11 is 0. The molecule has 0 saturated heterocycles. The first-order chi connectivity index (χ1) is 13.2. The van der Waals surface area contributed by atoms with Crippen LogP contribution in [-0.2, 0) is 11.3 Å². The maximum atomic E-state index is 12.4. The maximum absolute atomic E-state index is 12.4. The number of anilines is 1. The van der Waals surface area contributed by atoms with E-state index in [9.17, 15) is 9.59 Å². The van der Waals surface area contributed by atoms with Crippen LogP contribution in [0, 0.1) is 0 Å². The third kappa shape index (κ3) is 4.21. The smallest absolute Gasteiger partial charge is 0.255 e. The zero-order valence-corrected chi connectivity index (χ0v) is 14.9. The molecule has 8 nitrogen and oxygen atoms in total. The molecule has 1 aromatic carbocycles. The van der Waals surface area contributed by atoms with Crippen molar-refractivity contribution in [1.29, 1.82) is 0 Å². The molecule has 2 N–H and O–H groups in total. The van der Waals surface area contributed by atoms with Crippen molar-refractivity contribution in [3.63, 3.8) is 0 Å². The second-order valence-electron chi connectivity index (χ2n) is 6.79. The van der Waals surface area contributed by atoms with E-state index in [0.717, 1.165) is 12.8 Å². The second-order valence-corrected chi connectivity index (χ2v) is 6.79. The Bertz CT molecular complexity index is 842. The van der Waals surface area contributed by atoms with Gasteiger partial charge in [-0.05, 0) is 31.0 Å². The van der Waals surface area contributed by atoms with Crippen LogP contribution in [0.15, 0.2) is 30.6 Å². The summed E-state index contributed by atoms with van der Waals surface area (Å²) in [4.78, 5) is 24.5. The average molecular weight is 370 g/mol. The van der Waals surface area contributed by atoms with Crippen molar-refractivity contribution in [2.75, 3.05) is 18.5 Å². The molecule has 0 atom stereocenters. The summed E-state index contributed by atoms with van der Waals surface area (Å²) in [6.07, 6.45) is 7.60. The van der Waals surface area contributed by atoms with Gasteiger partial charge in [-0.15, -0.1) is 0 Å². The molecule has 0 bridgehead atoms. The highest BCUT2D eigenvalue weighted by Crippen LogP contribution is 2.30. The maximum Gasteiger partial charge on any atom is 0.255 e. The van der Waals surface area contributed by atoms with Crippen molar-refractivity contribution >= 4 is 17.5 Å². The van der Waals surface area contributed by atoms with E-state index in [1.165, 1.54) is 23.7 Å². The van der Waals surface area contributed by atoms with Gasteiger partial charge < -0.3 is 20.1 Å². The summed E-state index contributed by atoms with van der Waals surface area (Å²) in [5, 5.41) is 9.94. The monoisotopic (exact) mass is 370 g/mol. The van der Waals surface area contributed by atoms with Gasteiger partial charge in [0.2, 0.25) is 5.91 Å². The van der Waals surface area contributed by atoms with Gasteiger partial charge in [0.1, 0.15) is 19.8 Å². The van der Waals surface area contributed by atoms with Crippen molar-refractivity contribution < 1.29 is 19.1 Å². The Balaban J connectivity index is 1.34. The number of ether oxygens (including phenoxy) is 2. The molecule has 2 amide bonds. The van der Waals surface area contributed by atoms with Crippen molar-refractivity contribution in [3.8, 4) is 11.5 Å². The van der Waals surface area contributed by atoms with Crippen LogP contribution in [-0.4, -0.2) is 40.9 Å². The van der Waals surface area contributed by atoms with Crippen LogP contribution in [0.1, 0.15) is 36.0 Å². The van der Waals surface area contributed by atoms with Crippen LogP contribution < -0.4 is 20.1 Å². The Morgan fingerprint density at radius 1 is 1.15 bits per heavy atom. The summed E-state index contributed by atoms with van der Waals surface area (Å²) in [7, 11) is 0. The number of aromatic nitrogens is 2. The molecule has 1 aromatic heterocycles. The minimum absolute atomic E-state index is 0.0605. The number of carbonyl (C=O) groups excluding carboxylic acids is 2. The predicted octanol–water partition coefficient (Wildman–Crippen LogP) is 1.97. The van der Waals surface area contributed by atoms with Crippen LogP contribution in [0.2, 0.25) is 0 Å². The molecular formula is C19H22N4O4. The molecule has 8 heteroatoms. The van der Waals surface area contributed by atoms with Crippen LogP contribution in [0.4, 0.5) is 5.69 Å². The number of nitrogens with zero attached hydrogens (tertiary/aromatic N) is 2. The molecule has 4 rings (SSSR count). The lowest BCUT2D eigenvalue weighted by atomic mass is 10.2. The SMILES string of the molecule is O=C(Cn1cc(NC(=O)c2ccc3c(c2)OCCO3)cn1)NC1CCCC1. The van der Waals surface area contributed by atoms with E-state index in [1.54, 1.807) is 24.4 Å². The Kier molecular flexibility index (Phi) is 4.95. The van der Waals surface area contributed by atoms with Gasteiger partial charge in [-0.25, -0.2) is 0 Å². The van der Waals surface area contributed by atoms with Gasteiger partial charge in [0.15, 0.2) is 11.5 Å². The number of hydrogen-bond donors (Lipinski definition) is 2. The van der Waals surface area contributed by atoms with Crippen molar-refractivity contribution in [2.24, 2.45) is 0 Å². The fourth-order valence-electron chi connectivity index (χ4n) is 3.39. The predicted molar refractivity (Wildman–Crippen MR) is 98.0 cm³/mol. The molecule has 1 aliphatic heterocycles. The molecule has 142 valence electrons. The van der Waals surface area contributed by atoms with Crippen LogP contribution in [0.25, 0.3) is 0 Å². The highest BCUT2D eigenvalue weighted by molar-refractivity contribution is 6.04. The van der Waals surface area contributed by atoms with Crippen molar-refractivity contribution in [3.05, 3.63) is 36.2 Å². The average Bonchev–Trinajstić information content (AvgIpc) is 3.33.